The number of amides is 2. The number of ketones is 1. The van der Waals surface area contributed by atoms with Crippen molar-refractivity contribution in [2.45, 2.75) is 12.6 Å². The van der Waals surface area contributed by atoms with Crippen molar-refractivity contribution in [3.8, 4) is 11.1 Å². The summed E-state index contributed by atoms with van der Waals surface area (Å²) < 4.78 is 0. The van der Waals surface area contributed by atoms with Crippen LogP contribution in [0.2, 0.25) is 0 Å². The number of carbonyl (C=O) groups is 3. The fourth-order valence-corrected chi connectivity index (χ4v) is 3.17. The van der Waals surface area contributed by atoms with Crippen LogP contribution in [-0.4, -0.2) is 52.3 Å². The Hall–Kier alpha value is -3.84. The van der Waals surface area contributed by atoms with Crippen molar-refractivity contribution in [2.24, 2.45) is 0 Å². The normalized spacial score (nSPS) is 11.4. The molecule has 0 aliphatic carbocycles. The molecule has 3 aromatic rings. The summed E-state index contributed by atoms with van der Waals surface area (Å²) >= 11 is 0. The first-order chi connectivity index (χ1) is 15.0. The number of nitrogens with zero attached hydrogens (tertiary/aromatic N) is 2. The van der Waals surface area contributed by atoms with Crippen LogP contribution in [0.1, 0.15) is 15.9 Å². The number of hydrogen-bond acceptors (Lipinski definition) is 5. The second-order valence-corrected chi connectivity index (χ2v) is 6.96. The molecule has 0 saturated carbocycles. The van der Waals surface area contributed by atoms with E-state index in [-0.39, 0.29) is 6.54 Å². The van der Waals surface area contributed by atoms with Gasteiger partial charge < -0.3 is 15.3 Å². The minimum Gasteiger partial charge on any atom is -0.388 e. The lowest BCUT2D eigenvalue weighted by molar-refractivity contribution is -0.136. The first-order valence-electron chi connectivity index (χ1n) is 9.74. The third-order valence-electron chi connectivity index (χ3n) is 4.87. The zero-order valence-electron chi connectivity index (χ0n) is 17.1. The van der Waals surface area contributed by atoms with E-state index >= 15 is 0 Å². The van der Waals surface area contributed by atoms with E-state index in [2.05, 4.69) is 10.3 Å². The average molecular weight is 417 g/mol. The van der Waals surface area contributed by atoms with Crippen LogP contribution in [0, 0.1) is 0 Å². The van der Waals surface area contributed by atoms with Gasteiger partial charge in [-0.2, -0.15) is 0 Å². The van der Waals surface area contributed by atoms with Gasteiger partial charge in [-0.05, 0) is 41.0 Å². The maximum Gasteiger partial charge on any atom is 0.254 e. The van der Waals surface area contributed by atoms with E-state index in [1.807, 2.05) is 42.5 Å². The third kappa shape index (κ3) is 5.40. The van der Waals surface area contributed by atoms with Crippen LogP contribution < -0.4 is 5.32 Å². The predicted octanol–water partition coefficient (Wildman–Crippen LogP) is 2.07. The molecule has 7 heteroatoms. The number of pyridine rings is 1. The predicted molar refractivity (Wildman–Crippen MR) is 116 cm³/mol. The molecule has 0 bridgehead atoms. The van der Waals surface area contributed by atoms with Crippen molar-refractivity contribution >= 4 is 17.6 Å². The highest BCUT2D eigenvalue weighted by atomic mass is 16.3. The van der Waals surface area contributed by atoms with Gasteiger partial charge in [0.05, 0.1) is 0 Å². The summed E-state index contributed by atoms with van der Waals surface area (Å²) in [6.07, 6.45) is 3.18. The Bertz CT molecular complexity index is 1040. The number of hydrogen-bond donors (Lipinski definition) is 2. The minimum absolute atomic E-state index is 0.171. The second-order valence-electron chi connectivity index (χ2n) is 6.96. The molecule has 0 aliphatic heterocycles. The monoisotopic (exact) mass is 417 g/mol. The van der Waals surface area contributed by atoms with Crippen molar-refractivity contribution in [3.05, 3.63) is 90.3 Å². The minimum atomic E-state index is -1.44. The Morgan fingerprint density at radius 2 is 1.55 bits per heavy atom. The van der Waals surface area contributed by atoms with Gasteiger partial charge in [0, 0.05) is 31.5 Å². The SMILES string of the molecule is CN(C(=O)c1ccc(-c2ccccc2)cc1)C(C(=O)CO)C(=O)NCc1ccncc1. The summed E-state index contributed by atoms with van der Waals surface area (Å²) in [6.45, 7) is -0.678. The number of aromatic nitrogens is 1. The van der Waals surface area contributed by atoms with Crippen molar-refractivity contribution < 1.29 is 19.5 Å². The van der Waals surface area contributed by atoms with Crippen LogP contribution in [0.4, 0.5) is 0 Å². The van der Waals surface area contributed by atoms with E-state index in [9.17, 15) is 19.5 Å². The maximum atomic E-state index is 12.9. The van der Waals surface area contributed by atoms with Crippen molar-refractivity contribution in [1.82, 2.24) is 15.2 Å². The van der Waals surface area contributed by atoms with Crippen LogP contribution >= 0.6 is 0 Å². The van der Waals surface area contributed by atoms with Crippen LogP contribution in [0.15, 0.2) is 79.1 Å². The van der Waals surface area contributed by atoms with Crippen LogP contribution in [0.5, 0.6) is 0 Å². The van der Waals surface area contributed by atoms with Gasteiger partial charge in [0.15, 0.2) is 11.8 Å². The molecule has 2 amide bonds. The summed E-state index contributed by atoms with van der Waals surface area (Å²) in [4.78, 5) is 42.8. The Kier molecular flexibility index (Phi) is 7.24. The number of carbonyl (C=O) groups excluding carboxylic acids is 3. The van der Waals surface area contributed by atoms with Crippen LogP contribution in [0.25, 0.3) is 11.1 Å². The van der Waals surface area contributed by atoms with E-state index in [0.717, 1.165) is 21.6 Å². The van der Waals surface area contributed by atoms with Crippen molar-refractivity contribution in [3.63, 3.8) is 0 Å². The molecular weight excluding hydrogens is 394 g/mol. The molecule has 0 saturated heterocycles. The zero-order valence-corrected chi connectivity index (χ0v) is 17.1. The molecule has 0 aliphatic rings. The molecule has 0 spiro atoms. The molecular formula is C24H23N3O4. The van der Waals surface area contributed by atoms with Gasteiger partial charge >= 0.3 is 0 Å². The van der Waals surface area contributed by atoms with E-state index in [1.165, 1.54) is 7.05 Å². The lowest BCUT2D eigenvalue weighted by Gasteiger charge is -2.26. The van der Waals surface area contributed by atoms with Gasteiger partial charge in [0.25, 0.3) is 11.8 Å². The first kappa shape index (κ1) is 21.9. The number of aliphatic hydroxyl groups is 1. The second kappa shape index (κ2) is 10.3. The Balaban J connectivity index is 1.74. The molecule has 0 radical (unpaired) electrons. The smallest absolute Gasteiger partial charge is 0.254 e. The average Bonchev–Trinajstić information content (AvgIpc) is 2.83. The molecule has 7 nitrogen and oxygen atoms in total. The van der Waals surface area contributed by atoms with Crippen LogP contribution in [-0.2, 0) is 16.1 Å². The summed E-state index contributed by atoms with van der Waals surface area (Å²) in [5.74, 6) is -1.91. The molecule has 1 atom stereocenters. The molecule has 1 unspecified atom stereocenters. The maximum absolute atomic E-state index is 12.9. The molecule has 0 fully saturated rings. The van der Waals surface area contributed by atoms with Gasteiger partial charge in [-0.15, -0.1) is 0 Å². The number of rotatable bonds is 8. The molecule has 2 N–H and O–H groups in total. The summed E-state index contributed by atoms with van der Waals surface area (Å²) in [5.41, 5.74) is 3.08. The fraction of sp³-hybridized carbons (Fsp3) is 0.167. The molecule has 158 valence electrons. The Morgan fingerprint density at radius 3 is 2.16 bits per heavy atom. The molecule has 1 aromatic heterocycles. The highest BCUT2D eigenvalue weighted by molar-refractivity contribution is 6.10. The van der Waals surface area contributed by atoms with Crippen LogP contribution in [0.3, 0.4) is 0 Å². The number of benzene rings is 2. The Morgan fingerprint density at radius 1 is 0.935 bits per heavy atom. The van der Waals surface area contributed by atoms with Gasteiger partial charge in [0.1, 0.15) is 6.61 Å². The summed E-state index contributed by atoms with van der Waals surface area (Å²) in [7, 11) is 1.37. The standard InChI is InChI=1S/C24H23N3O4/c1-27(22(21(29)16-28)23(30)26-15-17-11-13-25-14-12-17)24(31)20-9-7-19(8-10-20)18-5-3-2-4-6-18/h2-14,22,28H,15-16H2,1H3,(H,26,30). The van der Waals surface area contributed by atoms with Gasteiger partial charge in [-0.25, -0.2) is 0 Å². The lowest BCUT2D eigenvalue weighted by atomic mass is 10.0. The van der Waals surface area contributed by atoms with Gasteiger partial charge in [-0.1, -0.05) is 42.5 Å². The van der Waals surface area contributed by atoms with E-state index in [1.54, 1.807) is 36.7 Å². The summed E-state index contributed by atoms with van der Waals surface area (Å²) in [6, 6.07) is 18.6. The highest BCUT2D eigenvalue weighted by Gasteiger charge is 2.33. The largest absolute Gasteiger partial charge is 0.388 e. The number of Topliss-reactive ketones (excluding diaryl/α,β-unsaturated/α-hetero) is 1. The highest BCUT2D eigenvalue weighted by Crippen LogP contribution is 2.20. The van der Waals surface area contributed by atoms with Gasteiger partial charge in [0.2, 0.25) is 0 Å². The lowest BCUT2D eigenvalue weighted by Crippen LogP contribution is -2.52. The van der Waals surface area contributed by atoms with Crippen molar-refractivity contribution in [2.75, 3.05) is 13.7 Å². The first-order valence-corrected chi connectivity index (χ1v) is 9.74. The summed E-state index contributed by atoms with van der Waals surface area (Å²) in [5, 5.41) is 12.0. The van der Waals surface area contributed by atoms with E-state index < -0.39 is 30.2 Å². The molecule has 31 heavy (non-hydrogen) atoms. The number of aliphatic hydroxyl groups excluding tert-OH is 1. The molecule has 3 rings (SSSR count). The number of likely N-dealkylation sites (N-methyl/N-ethyl adjacent to an activating group) is 1. The zero-order chi connectivity index (χ0) is 22.2. The van der Waals surface area contributed by atoms with E-state index in [4.69, 9.17) is 0 Å². The third-order valence-corrected chi connectivity index (χ3v) is 4.87. The quantitative estimate of drug-likeness (QED) is 0.547. The van der Waals surface area contributed by atoms with E-state index in [0.29, 0.717) is 5.56 Å². The topological polar surface area (TPSA) is 99.6 Å². The fourth-order valence-electron chi connectivity index (χ4n) is 3.17. The number of nitrogens with one attached hydrogen (secondary N) is 1. The van der Waals surface area contributed by atoms with Gasteiger partial charge in [-0.3, -0.25) is 19.4 Å². The molecule has 2 aromatic carbocycles. The van der Waals surface area contributed by atoms with Crippen molar-refractivity contribution in [1.29, 1.82) is 0 Å². The Labute approximate surface area is 180 Å². The molecule has 1 heterocycles.